The summed E-state index contributed by atoms with van der Waals surface area (Å²) in [6, 6.07) is 0. The number of thioether (sulfide) groups is 1. The van der Waals surface area contributed by atoms with E-state index in [-0.39, 0.29) is 11.8 Å². The van der Waals surface area contributed by atoms with Crippen molar-refractivity contribution >= 4 is 17.7 Å². The summed E-state index contributed by atoms with van der Waals surface area (Å²) >= 11 is 1.66. The highest BCUT2D eigenvalue weighted by Crippen LogP contribution is 2.04. The van der Waals surface area contributed by atoms with Crippen molar-refractivity contribution in [2.45, 2.75) is 32.8 Å². The van der Waals surface area contributed by atoms with Gasteiger partial charge in [0.2, 0.25) is 5.91 Å². The number of carbonyl (C=O) groups excluding carboxylic acids is 1. The maximum atomic E-state index is 11.4. The summed E-state index contributed by atoms with van der Waals surface area (Å²) in [4.78, 5) is 11.4. The summed E-state index contributed by atoms with van der Waals surface area (Å²) in [5, 5.41) is 12.1. The van der Waals surface area contributed by atoms with Crippen molar-refractivity contribution < 1.29 is 9.90 Å². The third kappa shape index (κ3) is 6.27. The summed E-state index contributed by atoms with van der Waals surface area (Å²) in [5.74, 6) is 0.892. The fourth-order valence-electron chi connectivity index (χ4n) is 1.15. The quantitative estimate of drug-likeness (QED) is 0.678. The van der Waals surface area contributed by atoms with Gasteiger partial charge in [0, 0.05) is 18.2 Å². The van der Waals surface area contributed by atoms with Gasteiger partial charge in [-0.1, -0.05) is 20.3 Å². The second-order valence-corrected chi connectivity index (χ2v) is 4.45. The molecule has 0 aliphatic heterocycles. The van der Waals surface area contributed by atoms with Gasteiger partial charge in [-0.05, 0) is 12.7 Å². The normalized spacial score (nSPS) is 14.9. The van der Waals surface area contributed by atoms with Crippen LogP contribution in [0, 0.1) is 5.92 Å². The number of aliphatic hydroxyl groups excluding tert-OH is 1. The van der Waals surface area contributed by atoms with Gasteiger partial charge in [0.25, 0.3) is 0 Å². The number of carbonyl (C=O) groups is 1. The van der Waals surface area contributed by atoms with E-state index in [4.69, 9.17) is 0 Å². The fraction of sp³-hybridized carbons (Fsp3) is 0.900. The second-order valence-electron chi connectivity index (χ2n) is 3.54. The Morgan fingerprint density at radius 3 is 2.71 bits per heavy atom. The highest BCUT2D eigenvalue weighted by molar-refractivity contribution is 7.98. The molecule has 3 nitrogen and oxygen atoms in total. The van der Waals surface area contributed by atoms with Gasteiger partial charge in [-0.3, -0.25) is 4.79 Å². The minimum atomic E-state index is -0.398. The van der Waals surface area contributed by atoms with Gasteiger partial charge in [-0.15, -0.1) is 0 Å². The van der Waals surface area contributed by atoms with Crippen molar-refractivity contribution in [3.8, 4) is 0 Å². The third-order valence-electron chi connectivity index (χ3n) is 2.00. The van der Waals surface area contributed by atoms with E-state index in [9.17, 15) is 9.90 Å². The zero-order valence-electron chi connectivity index (χ0n) is 9.25. The van der Waals surface area contributed by atoms with E-state index >= 15 is 0 Å². The second kappa shape index (κ2) is 8.12. The zero-order valence-corrected chi connectivity index (χ0v) is 10.1. The molecule has 0 aliphatic carbocycles. The van der Waals surface area contributed by atoms with E-state index in [1.165, 1.54) is 0 Å². The van der Waals surface area contributed by atoms with Crippen molar-refractivity contribution in [1.29, 1.82) is 0 Å². The number of hydrogen-bond donors (Lipinski definition) is 2. The Labute approximate surface area is 90.7 Å². The highest BCUT2D eigenvalue weighted by atomic mass is 32.2. The van der Waals surface area contributed by atoms with Crippen molar-refractivity contribution in [3.05, 3.63) is 0 Å². The first-order valence-corrected chi connectivity index (χ1v) is 6.45. The molecule has 0 spiro atoms. The molecule has 0 aliphatic rings. The smallest absolute Gasteiger partial charge is 0.223 e. The molecule has 0 aromatic carbocycles. The third-order valence-corrected chi connectivity index (χ3v) is 2.83. The average Bonchev–Trinajstić information content (AvgIpc) is 2.15. The monoisotopic (exact) mass is 219 g/mol. The molecule has 0 heterocycles. The molecule has 2 atom stereocenters. The zero-order chi connectivity index (χ0) is 11.0. The maximum absolute atomic E-state index is 11.4. The molecule has 4 heteroatoms. The topological polar surface area (TPSA) is 49.3 Å². The van der Waals surface area contributed by atoms with E-state index in [0.717, 1.165) is 18.6 Å². The predicted octanol–water partition coefficient (Wildman–Crippen LogP) is 1.26. The van der Waals surface area contributed by atoms with Gasteiger partial charge in [-0.2, -0.15) is 11.8 Å². The van der Waals surface area contributed by atoms with E-state index in [0.29, 0.717) is 6.54 Å². The first-order valence-electron chi connectivity index (χ1n) is 5.06. The summed E-state index contributed by atoms with van der Waals surface area (Å²) in [6.45, 7) is 4.30. The lowest BCUT2D eigenvalue weighted by atomic mass is 10.2. The Morgan fingerprint density at radius 1 is 1.57 bits per heavy atom. The van der Waals surface area contributed by atoms with Crippen LogP contribution in [0.15, 0.2) is 0 Å². The first-order chi connectivity index (χ1) is 6.61. The molecule has 0 fully saturated rings. The first kappa shape index (κ1) is 13.8. The largest absolute Gasteiger partial charge is 0.391 e. The van der Waals surface area contributed by atoms with Gasteiger partial charge in [0.15, 0.2) is 0 Å². The van der Waals surface area contributed by atoms with E-state index in [1.54, 1.807) is 11.8 Å². The summed E-state index contributed by atoms with van der Waals surface area (Å²) in [7, 11) is 0. The molecule has 0 bridgehead atoms. The summed E-state index contributed by atoms with van der Waals surface area (Å²) < 4.78 is 0. The predicted molar refractivity (Wildman–Crippen MR) is 61.5 cm³/mol. The van der Waals surface area contributed by atoms with E-state index < -0.39 is 6.10 Å². The van der Waals surface area contributed by atoms with Gasteiger partial charge >= 0.3 is 0 Å². The van der Waals surface area contributed by atoms with Crippen LogP contribution in [0.2, 0.25) is 0 Å². The summed E-state index contributed by atoms with van der Waals surface area (Å²) in [6.07, 6.45) is 3.27. The number of aliphatic hydroxyl groups is 1. The summed E-state index contributed by atoms with van der Waals surface area (Å²) in [5.41, 5.74) is 0. The number of nitrogens with one attached hydrogen (secondary N) is 1. The van der Waals surface area contributed by atoms with E-state index in [2.05, 4.69) is 5.32 Å². The number of hydrogen-bond acceptors (Lipinski definition) is 3. The lowest BCUT2D eigenvalue weighted by molar-refractivity contribution is -0.124. The molecular weight excluding hydrogens is 198 g/mol. The Kier molecular flexibility index (Phi) is 7.99. The van der Waals surface area contributed by atoms with Crippen LogP contribution < -0.4 is 5.32 Å². The highest BCUT2D eigenvalue weighted by Gasteiger charge is 2.12. The molecule has 0 saturated carbocycles. The van der Waals surface area contributed by atoms with Crippen LogP contribution in [0.25, 0.3) is 0 Å². The van der Waals surface area contributed by atoms with Crippen LogP contribution in [-0.2, 0) is 4.79 Å². The molecule has 2 N–H and O–H groups in total. The van der Waals surface area contributed by atoms with Crippen LogP contribution in [0.3, 0.4) is 0 Å². The van der Waals surface area contributed by atoms with Crippen molar-refractivity contribution in [2.24, 2.45) is 5.92 Å². The fourth-order valence-corrected chi connectivity index (χ4v) is 1.80. The van der Waals surface area contributed by atoms with E-state index in [1.807, 2.05) is 20.1 Å². The van der Waals surface area contributed by atoms with Crippen LogP contribution in [0.1, 0.15) is 26.7 Å². The molecule has 14 heavy (non-hydrogen) atoms. The van der Waals surface area contributed by atoms with Crippen molar-refractivity contribution in [2.75, 3.05) is 18.6 Å². The number of rotatable bonds is 7. The Morgan fingerprint density at radius 2 is 2.21 bits per heavy atom. The SMILES string of the molecule is CCCC(O)CNC(=O)C(C)CSC. The molecule has 0 aromatic heterocycles. The Balaban J connectivity index is 3.61. The van der Waals surface area contributed by atoms with Gasteiger partial charge in [0.05, 0.1) is 6.10 Å². The van der Waals surface area contributed by atoms with Crippen LogP contribution in [-0.4, -0.2) is 35.7 Å². The molecule has 84 valence electrons. The lowest BCUT2D eigenvalue weighted by Crippen LogP contribution is -2.36. The van der Waals surface area contributed by atoms with Crippen molar-refractivity contribution in [1.82, 2.24) is 5.32 Å². The molecule has 2 unspecified atom stereocenters. The van der Waals surface area contributed by atoms with Gasteiger partial charge in [0.1, 0.15) is 0 Å². The van der Waals surface area contributed by atoms with Crippen LogP contribution >= 0.6 is 11.8 Å². The van der Waals surface area contributed by atoms with Gasteiger partial charge in [-0.25, -0.2) is 0 Å². The molecule has 0 saturated heterocycles. The lowest BCUT2D eigenvalue weighted by Gasteiger charge is -2.13. The van der Waals surface area contributed by atoms with Crippen molar-refractivity contribution in [3.63, 3.8) is 0 Å². The van der Waals surface area contributed by atoms with Gasteiger partial charge < -0.3 is 10.4 Å². The average molecular weight is 219 g/mol. The van der Waals surface area contributed by atoms with Crippen LogP contribution in [0.5, 0.6) is 0 Å². The minimum absolute atomic E-state index is 0.0267. The maximum Gasteiger partial charge on any atom is 0.223 e. The molecule has 0 radical (unpaired) electrons. The number of amides is 1. The molecule has 0 rings (SSSR count). The molecule has 1 amide bonds. The molecular formula is C10H21NO2S. The standard InChI is InChI=1S/C10H21NO2S/c1-4-5-9(12)6-11-10(13)8(2)7-14-3/h8-9,12H,4-7H2,1-3H3,(H,11,13). The minimum Gasteiger partial charge on any atom is -0.391 e. The Bertz CT molecular complexity index is 164. The van der Waals surface area contributed by atoms with Crippen LogP contribution in [0.4, 0.5) is 0 Å². The molecule has 0 aromatic rings. The Hall–Kier alpha value is -0.220.